The third kappa shape index (κ3) is 6.49. The maximum Gasteiger partial charge on any atom is 0.0531 e. The van der Waals surface area contributed by atoms with Crippen LogP contribution in [0.15, 0.2) is 0 Å². The molecule has 0 saturated carbocycles. The molecule has 0 radical (unpaired) electrons. The minimum Gasteiger partial charge on any atom is -0.384 e. The first-order valence-electron chi connectivity index (χ1n) is 6.65. The molecule has 0 saturated heterocycles. The molecule has 0 unspecified atom stereocenters. The zero-order valence-electron chi connectivity index (χ0n) is 12.1. The number of methoxy groups -OCH3 is 1. The second-order valence-electron chi connectivity index (χ2n) is 5.91. The van der Waals surface area contributed by atoms with Crippen molar-refractivity contribution in [2.75, 3.05) is 26.8 Å². The zero-order chi connectivity index (χ0) is 12.6. The summed E-state index contributed by atoms with van der Waals surface area (Å²) in [5.41, 5.74) is 0.313. The highest BCUT2D eigenvalue weighted by molar-refractivity contribution is 4.83. The van der Waals surface area contributed by atoms with Crippen LogP contribution in [-0.4, -0.2) is 26.8 Å². The number of ether oxygens (including phenoxy) is 1. The molecule has 0 amide bonds. The van der Waals surface area contributed by atoms with Crippen LogP contribution in [0.25, 0.3) is 0 Å². The third-order valence-corrected chi connectivity index (χ3v) is 2.88. The highest BCUT2D eigenvalue weighted by Crippen LogP contribution is 2.33. The normalized spacial score (nSPS) is 12.8. The zero-order valence-corrected chi connectivity index (χ0v) is 12.1. The topological polar surface area (TPSA) is 21.3 Å². The summed E-state index contributed by atoms with van der Waals surface area (Å²) in [7, 11) is 1.82. The summed E-state index contributed by atoms with van der Waals surface area (Å²) < 4.78 is 5.47. The first kappa shape index (κ1) is 15.9. The van der Waals surface area contributed by atoms with Gasteiger partial charge in [-0.2, -0.15) is 0 Å². The molecule has 0 aromatic carbocycles. The summed E-state index contributed by atoms with van der Waals surface area (Å²) in [5, 5.41) is 3.50. The molecular formula is C14H31NO. The SMILES string of the molecule is CCNCC(COC)(CC(C)C)CC(C)C. The maximum absolute atomic E-state index is 5.47. The van der Waals surface area contributed by atoms with E-state index < -0.39 is 0 Å². The lowest BCUT2D eigenvalue weighted by Gasteiger charge is -2.36. The standard InChI is InChI=1S/C14H31NO/c1-7-15-10-14(11-16-6,8-12(2)3)9-13(4)5/h12-13,15H,7-11H2,1-6H3. The van der Waals surface area contributed by atoms with Gasteiger partial charge in [-0.05, 0) is 31.2 Å². The van der Waals surface area contributed by atoms with Gasteiger partial charge in [0.25, 0.3) is 0 Å². The lowest BCUT2D eigenvalue weighted by molar-refractivity contribution is 0.0454. The summed E-state index contributed by atoms with van der Waals surface area (Å²) in [6.45, 7) is 14.4. The fourth-order valence-corrected chi connectivity index (χ4v) is 2.82. The van der Waals surface area contributed by atoms with Gasteiger partial charge in [-0.15, -0.1) is 0 Å². The van der Waals surface area contributed by atoms with Crippen molar-refractivity contribution in [3.05, 3.63) is 0 Å². The highest BCUT2D eigenvalue weighted by atomic mass is 16.5. The highest BCUT2D eigenvalue weighted by Gasteiger charge is 2.31. The Morgan fingerprint density at radius 3 is 1.88 bits per heavy atom. The van der Waals surface area contributed by atoms with Gasteiger partial charge in [0.2, 0.25) is 0 Å². The molecule has 98 valence electrons. The average Bonchev–Trinajstić information content (AvgIpc) is 2.13. The molecule has 0 rings (SSSR count). The van der Waals surface area contributed by atoms with Crippen LogP contribution in [0.5, 0.6) is 0 Å². The van der Waals surface area contributed by atoms with Gasteiger partial charge in [0.1, 0.15) is 0 Å². The molecule has 0 heterocycles. The molecular weight excluding hydrogens is 198 g/mol. The Morgan fingerprint density at radius 2 is 1.56 bits per heavy atom. The molecule has 0 fully saturated rings. The van der Waals surface area contributed by atoms with E-state index in [2.05, 4.69) is 39.9 Å². The van der Waals surface area contributed by atoms with Crippen LogP contribution in [0.4, 0.5) is 0 Å². The Hall–Kier alpha value is -0.0800. The van der Waals surface area contributed by atoms with Gasteiger partial charge in [0.05, 0.1) is 6.61 Å². The maximum atomic E-state index is 5.47. The average molecular weight is 229 g/mol. The third-order valence-electron chi connectivity index (χ3n) is 2.88. The summed E-state index contributed by atoms with van der Waals surface area (Å²) in [6.07, 6.45) is 2.48. The van der Waals surface area contributed by atoms with Crippen molar-refractivity contribution in [3.63, 3.8) is 0 Å². The predicted molar refractivity (Wildman–Crippen MR) is 71.8 cm³/mol. The van der Waals surface area contributed by atoms with Crippen LogP contribution >= 0.6 is 0 Å². The van der Waals surface area contributed by atoms with E-state index in [1.165, 1.54) is 12.8 Å². The fraction of sp³-hybridized carbons (Fsp3) is 1.00. The minimum atomic E-state index is 0.313. The van der Waals surface area contributed by atoms with Crippen LogP contribution in [0.2, 0.25) is 0 Å². The molecule has 0 aliphatic carbocycles. The van der Waals surface area contributed by atoms with Crippen molar-refractivity contribution < 1.29 is 4.74 Å². The van der Waals surface area contributed by atoms with E-state index in [9.17, 15) is 0 Å². The fourth-order valence-electron chi connectivity index (χ4n) is 2.82. The van der Waals surface area contributed by atoms with Crippen molar-refractivity contribution in [2.24, 2.45) is 17.3 Å². The smallest absolute Gasteiger partial charge is 0.0531 e. The largest absolute Gasteiger partial charge is 0.384 e. The molecule has 16 heavy (non-hydrogen) atoms. The van der Waals surface area contributed by atoms with Crippen LogP contribution in [0.1, 0.15) is 47.5 Å². The summed E-state index contributed by atoms with van der Waals surface area (Å²) in [5.74, 6) is 1.46. The lowest BCUT2D eigenvalue weighted by Crippen LogP contribution is -2.40. The van der Waals surface area contributed by atoms with Crippen molar-refractivity contribution in [2.45, 2.75) is 47.5 Å². The second-order valence-corrected chi connectivity index (χ2v) is 5.91. The Morgan fingerprint density at radius 1 is 1.06 bits per heavy atom. The predicted octanol–water partition coefficient (Wildman–Crippen LogP) is 3.32. The van der Waals surface area contributed by atoms with Crippen LogP contribution in [0, 0.1) is 17.3 Å². The first-order chi connectivity index (χ1) is 7.45. The van der Waals surface area contributed by atoms with Gasteiger partial charge < -0.3 is 10.1 Å². The van der Waals surface area contributed by atoms with Crippen molar-refractivity contribution in [3.8, 4) is 0 Å². The number of hydrogen-bond acceptors (Lipinski definition) is 2. The van der Waals surface area contributed by atoms with Gasteiger partial charge in [0, 0.05) is 19.1 Å². The molecule has 0 aromatic heterocycles. The van der Waals surface area contributed by atoms with E-state index in [1.807, 2.05) is 7.11 Å². The Bertz CT molecular complexity index is 156. The molecule has 0 bridgehead atoms. The van der Waals surface area contributed by atoms with E-state index in [0.717, 1.165) is 31.5 Å². The summed E-state index contributed by atoms with van der Waals surface area (Å²) in [6, 6.07) is 0. The van der Waals surface area contributed by atoms with Crippen LogP contribution in [-0.2, 0) is 4.74 Å². The van der Waals surface area contributed by atoms with Gasteiger partial charge in [-0.3, -0.25) is 0 Å². The summed E-state index contributed by atoms with van der Waals surface area (Å²) in [4.78, 5) is 0. The van der Waals surface area contributed by atoms with Crippen molar-refractivity contribution in [1.82, 2.24) is 5.32 Å². The van der Waals surface area contributed by atoms with E-state index in [4.69, 9.17) is 4.74 Å². The molecule has 0 aliphatic rings. The van der Waals surface area contributed by atoms with Gasteiger partial charge in [-0.25, -0.2) is 0 Å². The Kier molecular flexibility index (Phi) is 8.04. The monoisotopic (exact) mass is 229 g/mol. The molecule has 1 N–H and O–H groups in total. The number of hydrogen-bond donors (Lipinski definition) is 1. The van der Waals surface area contributed by atoms with Gasteiger partial charge >= 0.3 is 0 Å². The molecule has 0 aliphatic heterocycles. The molecule has 0 aromatic rings. The number of nitrogens with one attached hydrogen (secondary N) is 1. The molecule has 0 spiro atoms. The van der Waals surface area contributed by atoms with Gasteiger partial charge in [0.15, 0.2) is 0 Å². The van der Waals surface area contributed by atoms with E-state index in [0.29, 0.717) is 5.41 Å². The van der Waals surface area contributed by atoms with Crippen LogP contribution in [0.3, 0.4) is 0 Å². The Labute approximate surface area is 102 Å². The molecule has 2 nitrogen and oxygen atoms in total. The van der Waals surface area contributed by atoms with E-state index >= 15 is 0 Å². The quantitative estimate of drug-likeness (QED) is 0.655. The number of rotatable bonds is 9. The molecule has 0 atom stereocenters. The van der Waals surface area contributed by atoms with E-state index in [1.54, 1.807) is 0 Å². The molecule has 2 heteroatoms. The Balaban J connectivity index is 4.58. The van der Waals surface area contributed by atoms with Gasteiger partial charge in [-0.1, -0.05) is 34.6 Å². The minimum absolute atomic E-state index is 0.313. The first-order valence-corrected chi connectivity index (χ1v) is 6.65. The summed E-state index contributed by atoms with van der Waals surface area (Å²) >= 11 is 0. The van der Waals surface area contributed by atoms with Crippen molar-refractivity contribution in [1.29, 1.82) is 0 Å². The van der Waals surface area contributed by atoms with Crippen molar-refractivity contribution >= 4 is 0 Å². The second kappa shape index (κ2) is 8.08. The van der Waals surface area contributed by atoms with Crippen LogP contribution < -0.4 is 5.32 Å². The lowest BCUT2D eigenvalue weighted by atomic mass is 9.74. The van der Waals surface area contributed by atoms with E-state index in [-0.39, 0.29) is 0 Å².